The quantitative estimate of drug-likeness (QED) is 0.588. The first-order chi connectivity index (χ1) is 14.7. The maximum absolute atomic E-state index is 11.3. The second-order valence-electron chi connectivity index (χ2n) is 8.46. The van der Waals surface area contributed by atoms with Crippen LogP contribution in [0.1, 0.15) is 30.5 Å². The van der Waals surface area contributed by atoms with E-state index >= 15 is 0 Å². The van der Waals surface area contributed by atoms with Gasteiger partial charge in [0.2, 0.25) is 10.0 Å². The highest BCUT2D eigenvalue weighted by Gasteiger charge is 2.34. The predicted octanol–water partition coefficient (Wildman–Crippen LogP) is 1.45. The van der Waals surface area contributed by atoms with E-state index in [-0.39, 0.29) is 17.7 Å². The van der Waals surface area contributed by atoms with Crippen LogP contribution in [0.2, 0.25) is 0 Å². The molecule has 9 nitrogen and oxygen atoms in total. The SMILES string of the molecule is CN(C)c1ccccc1C1=Nc2c(ncnc2N[C@@H]2C[C@@H](CCS(N)(=O)=O)[C@@H](O)C2)C1. The Bertz CT molecular complexity index is 1100. The molecule has 0 saturated heterocycles. The molecule has 4 N–H and O–H groups in total. The van der Waals surface area contributed by atoms with E-state index in [1.807, 2.05) is 26.2 Å². The van der Waals surface area contributed by atoms with E-state index in [1.54, 1.807) is 0 Å². The third kappa shape index (κ3) is 4.86. The number of hydrogen-bond acceptors (Lipinski definition) is 8. The number of para-hydroxylation sites is 1. The number of aliphatic imine (C=N–C) groups is 1. The van der Waals surface area contributed by atoms with Crippen molar-refractivity contribution in [1.29, 1.82) is 0 Å². The van der Waals surface area contributed by atoms with Gasteiger partial charge in [0.05, 0.1) is 23.3 Å². The van der Waals surface area contributed by atoms with Gasteiger partial charge in [-0.15, -0.1) is 0 Å². The molecule has 0 spiro atoms. The van der Waals surface area contributed by atoms with Crippen LogP contribution in [0.3, 0.4) is 0 Å². The Hall–Kier alpha value is -2.56. The average Bonchev–Trinajstić information content (AvgIpc) is 3.29. The fraction of sp³-hybridized carbons (Fsp3) is 0.476. The van der Waals surface area contributed by atoms with Crippen molar-refractivity contribution in [1.82, 2.24) is 9.97 Å². The number of nitrogens with one attached hydrogen (secondary N) is 1. The third-order valence-corrected chi connectivity index (χ3v) is 6.75. The number of aromatic nitrogens is 2. The Morgan fingerprint density at radius 2 is 2.00 bits per heavy atom. The van der Waals surface area contributed by atoms with Crippen LogP contribution in [0.5, 0.6) is 0 Å². The largest absolute Gasteiger partial charge is 0.393 e. The van der Waals surface area contributed by atoms with Gasteiger partial charge in [0.25, 0.3) is 0 Å². The van der Waals surface area contributed by atoms with Gasteiger partial charge in [-0.05, 0) is 31.2 Å². The van der Waals surface area contributed by atoms with Crippen molar-refractivity contribution in [3.05, 3.63) is 41.9 Å². The number of nitrogens with two attached hydrogens (primary N) is 1. The van der Waals surface area contributed by atoms with Gasteiger partial charge < -0.3 is 15.3 Å². The summed E-state index contributed by atoms with van der Waals surface area (Å²) < 4.78 is 22.5. The van der Waals surface area contributed by atoms with Crippen LogP contribution in [-0.4, -0.2) is 61.2 Å². The smallest absolute Gasteiger partial charge is 0.209 e. The molecule has 1 saturated carbocycles. The molecule has 0 amide bonds. The van der Waals surface area contributed by atoms with Gasteiger partial charge in [-0.25, -0.2) is 28.5 Å². The van der Waals surface area contributed by atoms with E-state index in [1.165, 1.54) is 6.33 Å². The first-order valence-corrected chi connectivity index (χ1v) is 12.1. The molecule has 31 heavy (non-hydrogen) atoms. The van der Waals surface area contributed by atoms with Crippen molar-refractivity contribution in [2.45, 2.75) is 37.8 Å². The Morgan fingerprint density at radius 1 is 1.23 bits per heavy atom. The maximum atomic E-state index is 11.3. The standard InChI is InChI=1S/C21H28N6O3S/c1-27(2)18-6-4-3-5-15(18)16-11-17-20(26-16)21(24-12-23-17)25-14-9-13(19(28)10-14)7-8-31(22,29)30/h3-6,12-14,19,28H,7-11H2,1-2H3,(H2,22,29,30)(H,23,24,25)/t13-,14-,19+/m1/s1. The van der Waals surface area contributed by atoms with Crippen molar-refractivity contribution in [3.8, 4) is 0 Å². The second-order valence-corrected chi connectivity index (χ2v) is 10.2. The van der Waals surface area contributed by atoms with E-state index in [4.69, 9.17) is 10.1 Å². The van der Waals surface area contributed by atoms with Gasteiger partial charge in [0, 0.05) is 37.8 Å². The summed E-state index contributed by atoms with van der Waals surface area (Å²) in [6, 6.07) is 8.11. The minimum atomic E-state index is -3.54. The van der Waals surface area contributed by atoms with Crippen LogP contribution >= 0.6 is 0 Å². The van der Waals surface area contributed by atoms with Crippen LogP contribution < -0.4 is 15.4 Å². The highest BCUT2D eigenvalue weighted by molar-refractivity contribution is 7.89. The van der Waals surface area contributed by atoms with E-state index in [0.29, 0.717) is 31.5 Å². The zero-order chi connectivity index (χ0) is 22.2. The summed E-state index contributed by atoms with van der Waals surface area (Å²) in [7, 11) is 0.477. The van der Waals surface area contributed by atoms with Crippen LogP contribution in [-0.2, 0) is 16.4 Å². The molecular formula is C21H28N6O3S. The van der Waals surface area contributed by atoms with E-state index in [0.717, 1.165) is 28.3 Å². The summed E-state index contributed by atoms with van der Waals surface area (Å²) in [5, 5.41) is 18.9. The van der Waals surface area contributed by atoms with E-state index in [2.05, 4.69) is 32.3 Å². The number of fused-ring (bicyclic) bond motifs is 1. The van der Waals surface area contributed by atoms with Crippen molar-refractivity contribution in [2.75, 3.05) is 30.1 Å². The predicted molar refractivity (Wildman–Crippen MR) is 121 cm³/mol. The first kappa shape index (κ1) is 21.7. The van der Waals surface area contributed by atoms with Gasteiger partial charge in [0.1, 0.15) is 12.0 Å². The molecular weight excluding hydrogens is 416 g/mol. The number of sulfonamides is 1. The highest BCUT2D eigenvalue weighted by Crippen LogP contribution is 2.37. The fourth-order valence-corrected chi connectivity index (χ4v) is 5.03. The lowest BCUT2D eigenvalue weighted by Crippen LogP contribution is -2.22. The van der Waals surface area contributed by atoms with Gasteiger partial charge in [0.15, 0.2) is 5.82 Å². The molecule has 3 atom stereocenters. The van der Waals surface area contributed by atoms with Crippen molar-refractivity contribution >= 4 is 32.9 Å². The lowest BCUT2D eigenvalue weighted by atomic mass is 10.0. The molecule has 4 rings (SSSR count). The highest BCUT2D eigenvalue weighted by atomic mass is 32.2. The number of primary sulfonamides is 1. The molecule has 0 bridgehead atoms. The number of anilines is 2. The molecule has 10 heteroatoms. The lowest BCUT2D eigenvalue weighted by molar-refractivity contribution is 0.131. The second kappa shape index (κ2) is 8.52. The van der Waals surface area contributed by atoms with Crippen molar-refractivity contribution in [2.24, 2.45) is 16.0 Å². The number of benzene rings is 1. The molecule has 0 unspecified atom stereocenters. The Kier molecular flexibility index (Phi) is 5.96. The van der Waals surface area contributed by atoms with Gasteiger partial charge >= 0.3 is 0 Å². The molecule has 1 fully saturated rings. The summed E-state index contributed by atoms with van der Waals surface area (Å²) in [6.45, 7) is 0. The molecule has 1 aromatic heterocycles. The maximum Gasteiger partial charge on any atom is 0.209 e. The lowest BCUT2D eigenvalue weighted by Gasteiger charge is -2.17. The number of hydrogen-bond donors (Lipinski definition) is 3. The minimum absolute atomic E-state index is 0.0206. The summed E-state index contributed by atoms with van der Waals surface area (Å²) in [4.78, 5) is 15.7. The summed E-state index contributed by atoms with van der Waals surface area (Å²) >= 11 is 0. The monoisotopic (exact) mass is 444 g/mol. The topological polar surface area (TPSA) is 134 Å². The average molecular weight is 445 g/mol. The Morgan fingerprint density at radius 3 is 2.74 bits per heavy atom. The van der Waals surface area contributed by atoms with Crippen LogP contribution in [0, 0.1) is 5.92 Å². The summed E-state index contributed by atoms with van der Waals surface area (Å²) in [6.07, 6.45) is 3.11. The molecule has 1 aromatic carbocycles. The molecule has 1 aliphatic heterocycles. The normalized spacial score (nSPS) is 22.8. The summed E-state index contributed by atoms with van der Waals surface area (Å²) in [5.74, 6) is 0.409. The fourth-order valence-electron chi connectivity index (χ4n) is 4.40. The van der Waals surface area contributed by atoms with E-state index in [9.17, 15) is 13.5 Å². The van der Waals surface area contributed by atoms with E-state index < -0.39 is 16.1 Å². The molecule has 166 valence electrons. The molecule has 1 aliphatic carbocycles. The third-order valence-electron chi connectivity index (χ3n) is 5.95. The molecule has 2 aliphatic rings. The van der Waals surface area contributed by atoms with Crippen LogP contribution in [0.25, 0.3) is 0 Å². The van der Waals surface area contributed by atoms with Gasteiger partial charge in [-0.1, -0.05) is 18.2 Å². The molecule has 0 radical (unpaired) electrons. The van der Waals surface area contributed by atoms with Crippen LogP contribution in [0.4, 0.5) is 17.2 Å². The number of rotatable bonds is 7. The Balaban J connectivity index is 1.52. The zero-order valence-corrected chi connectivity index (χ0v) is 18.5. The van der Waals surface area contributed by atoms with Crippen molar-refractivity contribution < 1.29 is 13.5 Å². The number of aliphatic hydroxyl groups is 1. The molecule has 2 heterocycles. The Labute approximate surface area is 182 Å². The summed E-state index contributed by atoms with van der Waals surface area (Å²) in [5.41, 5.74) is 4.70. The number of nitrogens with zero attached hydrogens (tertiary/aromatic N) is 4. The minimum Gasteiger partial charge on any atom is -0.393 e. The van der Waals surface area contributed by atoms with Gasteiger partial charge in [-0.2, -0.15) is 0 Å². The number of aliphatic hydroxyl groups excluding tert-OH is 1. The van der Waals surface area contributed by atoms with Gasteiger partial charge in [-0.3, -0.25) is 0 Å². The molecule has 2 aromatic rings. The van der Waals surface area contributed by atoms with Crippen molar-refractivity contribution in [3.63, 3.8) is 0 Å². The van der Waals surface area contributed by atoms with Crippen LogP contribution in [0.15, 0.2) is 35.6 Å². The zero-order valence-electron chi connectivity index (χ0n) is 17.7. The first-order valence-electron chi connectivity index (χ1n) is 10.3.